The van der Waals surface area contributed by atoms with Crippen LogP contribution in [0.25, 0.3) is 0 Å². The SMILES string of the molecule is CC[C@H](O[C@@H]1CCC[C@@H](C)C1)C(=O)NC[C@H]1CN(C)CCN1C. The first-order valence-corrected chi connectivity index (χ1v) is 9.31. The zero-order valence-electron chi connectivity index (χ0n) is 15.4. The highest BCUT2D eigenvalue weighted by molar-refractivity contribution is 5.80. The maximum atomic E-state index is 12.5. The van der Waals surface area contributed by atoms with Crippen LogP contribution in [0.3, 0.4) is 0 Å². The standard InChI is InChI=1S/C18H35N3O2/c1-5-17(23-16-8-6-7-14(2)11-16)18(22)19-12-15-13-20(3)9-10-21(15)4/h14-17H,5-13H2,1-4H3,(H,19,22)/t14-,15+,16-,17+/m1/s1. The fourth-order valence-corrected chi connectivity index (χ4v) is 3.73. The molecule has 0 aromatic heterocycles. The minimum Gasteiger partial charge on any atom is -0.365 e. The molecule has 0 radical (unpaired) electrons. The summed E-state index contributed by atoms with van der Waals surface area (Å²) in [7, 11) is 4.28. The summed E-state index contributed by atoms with van der Waals surface area (Å²) >= 11 is 0. The van der Waals surface area contributed by atoms with E-state index in [1.165, 1.54) is 12.8 Å². The van der Waals surface area contributed by atoms with Crippen LogP contribution in [0.15, 0.2) is 0 Å². The molecule has 1 N–H and O–H groups in total. The molecule has 0 aromatic carbocycles. The molecule has 4 atom stereocenters. The Labute approximate surface area is 141 Å². The Hall–Kier alpha value is -0.650. The minimum absolute atomic E-state index is 0.0624. The number of nitrogens with zero attached hydrogens (tertiary/aromatic N) is 2. The molecule has 5 nitrogen and oxygen atoms in total. The highest BCUT2D eigenvalue weighted by Gasteiger charge is 2.27. The van der Waals surface area contributed by atoms with Crippen LogP contribution in [-0.4, -0.2) is 74.2 Å². The average Bonchev–Trinajstić information content (AvgIpc) is 2.53. The lowest BCUT2D eigenvalue weighted by Crippen LogP contribution is -2.55. The molecule has 23 heavy (non-hydrogen) atoms. The van der Waals surface area contributed by atoms with Crippen molar-refractivity contribution in [1.29, 1.82) is 0 Å². The quantitative estimate of drug-likeness (QED) is 0.808. The Morgan fingerprint density at radius 2 is 2.09 bits per heavy atom. The first-order chi connectivity index (χ1) is 11.0. The number of hydrogen-bond donors (Lipinski definition) is 1. The predicted molar refractivity (Wildman–Crippen MR) is 93.5 cm³/mol. The summed E-state index contributed by atoms with van der Waals surface area (Å²) in [6.07, 6.45) is 5.43. The monoisotopic (exact) mass is 325 g/mol. The van der Waals surface area contributed by atoms with Crippen LogP contribution in [-0.2, 0) is 9.53 Å². The fourth-order valence-electron chi connectivity index (χ4n) is 3.73. The molecule has 2 aliphatic rings. The van der Waals surface area contributed by atoms with Crippen LogP contribution in [0.5, 0.6) is 0 Å². The van der Waals surface area contributed by atoms with Gasteiger partial charge in [0.1, 0.15) is 6.10 Å². The van der Waals surface area contributed by atoms with Gasteiger partial charge in [-0.05, 0) is 39.3 Å². The number of ether oxygens (including phenoxy) is 1. The van der Waals surface area contributed by atoms with E-state index in [0.29, 0.717) is 12.6 Å². The van der Waals surface area contributed by atoms with E-state index in [4.69, 9.17) is 4.74 Å². The van der Waals surface area contributed by atoms with Crippen molar-refractivity contribution in [2.45, 2.75) is 64.2 Å². The number of likely N-dealkylation sites (N-methyl/N-ethyl adjacent to an activating group) is 2. The third kappa shape index (κ3) is 5.73. The van der Waals surface area contributed by atoms with Crippen molar-refractivity contribution >= 4 is 5.91 Å². The lowest BCUT2D eigenvalue weighted by molar-refractivity contribution is -0.139. The van der Waals surface area contributed by atoms with E-state index < -0.39 is 0 Å². The number of carbonyl (C=O) groups excluding carboxylic acids is 1. The second kappa shape index (κ2) is 9.00. The number of nitrogens with one attached hydrogen (secondary N) is 1. The Bertz CT molecular complexity index is 377. The van der Waals surface area contributed by atoms with E-state index in [2.05, 4.69) is 36.1 Å². The topological polar surface area (TPSA) is 44.8 Å². The summed E-state index contributed by atoms with van der Waals surface area (Å²) in [5.74, 6) is 0.785. The zero-order valence-corrected chi connectivity index (χ0v) is 15.4. The number of hydrogen-bond acceptors (Lipinski definition) is 4. The lowest BCUT2D eigenvalue weighted by Gasteiger charge is -2.38. The van der Waals surface area contributed by atoms with Crippen LogP contribution < -0.4 is 5.32 Å². The summed E-state index contributed by atoms with van der Waals surface area (Å²) < 4.78 is 6.12. The molecular formula is C18H35N3O2. The maximum Gasteiger partial charge on any atom is 0.249 e. The van der Waals surface area contributed by atoms with Gasteiger partial charge in [0.25, 0.3) is 0 Å². The van der Waals surface area contributed by atoms with E-state index >= 15 is 0 Å². The van der Waals surface area contributed by atoms with E-state index in [9.17, 15) is 4.79 Å². The summed E-state index contributed by atoms with van der Waals surface area (Å²) in [5.41, 5.74) is 0. The van der Waals surface area contributed by atoms with Gasteiger partial charge < -0.3 is 15.0 Å². The molecule has 0 aromatic rings. The van der Waals surface area contributed by atoms with Crippen LogP contribution >= 0.6 is 0 Å². The van der Waals surface area contributed by atoms with Gasteiger partial charge in [-0.2, -0.15) is 0 Å². The molecule has 0 unspecified atom stereocenters. The highest BCUT2D eigenvalue weighted by atomic mass is 16.5. The predicted octanol–water partition coefficient (Wildman–Crippen LogP) is 1.72. The van der Waals surface area contributed by atoms with Gasteiger partial charge in [0.2, 0.25) is 5.91 Å². The van der Waals surface area contributed by atoms with Crippen LogP contribution in [0.1, 0.15) is 46.0 Å². The Kier molecular flexibility index (Phi) is 7.31. The largest absolute Gasteiger partial charge is 0.365 e. The third-order valence-corrected chi connectivity index (χ3v) is 5.40. The average molecular weight is 325 g/mol. The van der Waals surface area contributed by atoms with E-state index in [-0.39, 0.29) is 18.1 Å². The van der Waals surface area contributed by atoms with Crippen molar-refractivity contribution in [1.82, 2.24) is 15.1 Å². The van der Waals surface area contributed by atoms with Crippen molar-refractivity contribution in [2.75, 3.05) is 40.3 Å². The molecule has 5 heteroatoms. The molecule has 1 aliphatic heterocycles. The first kappa shape index (κ1) is 18.7. The number of piperazine rings is 1. The molecule has 2 rings (SSSR count). The highest BCUT2D eigenvalue weighted by Crippen LogP contribution is 2.27. The maximum absolute atomic E-state index is 12.5. The van der Waals surface area contributed by atoms with Gasteiger partial charge in [0.05, 0.1) is 6.10 Å². The lowest BCUT2D eigenvalue weighted by atomic mass is 9.88. The van der Waals surface area contributed by atoms with Gasteiger partial charge in [-0.15, -0.1) is 0 Å². The molecule has 134 valence electrons. The number of amides is 1. The van der Waals surface area contributed by atoms with Crippen LogP contribution in [0.4, 0.5) is 0 Å². The van der Waals surface area contributed by atoms with Gasteiger partial charge in [-0.3, -0.25) is 9.69 Å². The van der Waals surface area contributed by atoms with E-state index in [1.54, 1.807) is 0 Å². The first-order valence-electron chi connectivity index (χ1n) is 9.31. The summed E-state index contributed by atoms with van der Waals surface area (Å²) in [6.45, 7) is 8.20. The summed E-state index contributed by atoms with van der Waals surface area (Å²) in [4.78, 5) is 17.2. The molecule has 0 bridgehead atoms. The van der Waals surface area contributed by atoms with Crippen LogP contribution in [0.2, 0.25) is 0 Å². The van der Waals surface area contributed by atoms with Crippen molar-refractivity contribution in [3.05, 3.63) is 0 Å². The minimum atomic E-state index is -0.295. The summed E-state index contributed by atoms with van der Waals surface area (Å²) in [6, 6.07) is 0.393. The van der Waals surface area contributed by atoms with Gasteiger partial charge >= 0.3 is 0 Å². The van der Waals surface area contributed by atoms with Gasteiger partial charge in [-0.25, -0.2) is 0 Å². The Balaban J connectivity index is 1.77. The molecule has 1 aliphatic carbocycles. The van der Waals surface area contributed by atoms with E-state index in [1.807, 2.05) is 6.92 Å². The smallest absolute Gasteiger partial charge is 0.249 e. The fraction of sp³-hybridized carbons (Fsp3) is 0.944. The normalized spacial score (nSPS) is 31.7. The second-order valence-corrected chi connectivity index (χ2v) is 7.57. The molecule has 1 saturated carbocycles. The van der Waals surface area contributed by atoms with Gasteiger partial charge in [0, 0.05) is 32.2 Å². The Morgan fingerprint density at radius 1 is 1.30 bits per heavy atom. The number of rotatable bonds is 6. The van der Waals surface area contributed by atoms with Gasteiger partial charge in [0.15, 0.2) is 0 Å². The molecule has 1 amide bonds. The second-order valence-electron chi connectivity index (χ2n) is 7.57. The van der Waals surface area contributed by atoms with Crippen molar-refractivity contribution in [2.24, 2.45) is 5.92 Å². The molecule has 1 heterocycles. The number of carbonyl (C=O) groups is 1. The van der Waals surface area contributed by atoms with Gasteiger partial charge in [-0.1, -0.05) is 26.7 Å². The van der Waals surface area contributed by atoms with Crippen LogP contribution in [0, 0.1) is 5.92 Å². The molecular weight excluding hydrogens is 290 g/mol. The molecule has 2 fully saturated rings. The van der Waals surface area contributed by atoms with Crippen molar-refractivity contribution in [3.63, 3.8) is 0 Å². The molecule has 0 spiro atoms. The van der Waals surface area contributed by atoms with Crippen molar-refractivity contribution < 1.29 is 9.53 Å². The Morgan fingerprint density at radius 3 is 2.78 bits per heavy atom. The third-order valence-electron chi connectivity index (χ3n) is 5.40. The summed E-state index contributed by atoms with van der Waals surface area (Å²) in [5, 5.41) is 3.12. The van der Waals surface area contributed by atoms with E-state index in [0.717, 1.165) is 44.8 Å². The zero-order chi connectivity index (χ0) is 16.8. The van der Waals surface area contributed by atoms with Crippen molar-refractivity contribution in [3.8, 4) is 0 Å². The molecule has 1 saturated heterocycles.